The van der Waals surface area contributed by atoms with Crippen LogP contribution in [0.3, 0.4) is 0 Å². The summed E-state index contributed by atoms with van der Waals surface area (Å²) in [5.41, 5.74) is 0. The SMILES string of the molecule is O=C(O)[C@H]1CS[C@H](Cn2cc(Cl)cn2)N1. The minimum atomic E-state index is -0.802. The van der Waals surface area contributed by atoms with Gasteiger partial charge in [-0.2, -0.15) is 5.10 Å². The molecule has 0 aliphatic carbocycles. The number of carboxylic acid groups (broad SMARTS) is 1. The average molecular weight is 248 g/mol. The highest BCUT2D eigenvalue weighted by Gasteiger charge is 2.29. The summed E-state index contributed by atoms with van der Waals surface area (Å²) in [6.45, 7) is 0.626. The fraction of sp³-hybridized carbons (Fsp3) is 0.500. The molecule has 2 N–H and O–H groups in total. The molecular weight excluding hydrogens is 238 g/mol. The highest BCUT2D eigenvalue weighted by Crippen LogP contribution is 2.20. The van der Waals surface area contributed by atoms with Crippen LogP contribution in [0, 0.1) is 0 Å². The fourth-order valence-electron chi connectivity index (χ4n) is 1.39. The van der Waals surface area contributed by atoms with Gasteiger partial charge in [0, 0.05) is 11.9 Å². The van der Waals surface area contributed by atoms with Gasteiger partial charge in [-0.25, -0.2) is 0 Å². The van der Waals surface area contributed by atoms with E-state index < -0.39 is 12.0 Å². The summed E-state index contributed by atoms with van der Waals surface area (Å²) in [6.07, 6.45) is 3.29. The van der Waals surface area contributed by atoms with Gasteiger partial charge in [-0.05, 0) is 0 Å². The number of halogens is 1. The van der Waals surface area contributed by atoms with Gasteiger partial charge in [0.2, 0.25) is 0 Å². The Morgan fingerprint density at radius 1 is 1.87 bits per heavy atom. The van der Waals surface area contributed by atoms with Crippen molar-refractivity contribution in [3.05, 3.63) is 17.4 Å². The first-order valence-corrected chi connectivity index (χ1v) is 5.86. The van der Waals surface area contributed by atoms with E-state index in [9.17, 15) is 4.79 Å². The summed E-state index contributed by atoms with van der Waals surface area (Å²) in [7, 11) is 0. The molecule has 2 atom stereocenters. The van der Waals surface area contributed by atoms with Gasteiger partial charge in [0.05, 0.1) is 23.1 Å². The summed E-state index contributed by atoms with van der Waals surface area (Å²) in [5.74, 6) is -0.210. The molecule has 1 aromatic rings. The average Bonchev–Trinajstić information content (AvgIpc) is 2.76. The van der Waals surface area contributed by atoms with E-state index in [0.29, 0.717) is 17.3 Å². The van der Waals surface area contributed by atoms with E-state index >= 15 is 0 Å². The van der Waals surface area contributed by atoms with Crippen molar-refractivity contribution in [3.63, 3.8) is 0 Å². The van der Waals surface area contributed by atoms with E-state index in [4.69, 9.17) is 16.7 Å². The third-order valence-corrected chi connectivity index (χ3v) is 3.51. The summed E-state index contributed by atoms with van der Waals surface area (Å²) < 4.78 is 1.71. The van der Waals surface area contributed by atoms with E-state index in [2.05, 4.69) is 10.4 Å². The molecule has 0 saturated carbocycles. The van der Waals surface area contributed by atoms with Gasteiger partial charge in [0.25, 0.3) is 0 Å². The van der Waals surface area contributed by atoms with Gasteiger partial charge < -0.3 is 5.11 Å². The van der Waals surface area contributed by atoms with Crippen molar-refractivity contribution in [2.45, 2.75) is 18.0 Å². The first-order valence-electron chi connectivity index (χ1n) is 4.43. The van der Waals surface area contributed by atoms with Crippen LogP contribution in [-0.2, 0) is 11.3 Å². The molecule has 0 unspecified atom stereocenters. The number of nitrogens with one attached hydrogen (secondary N) is 1. The van der Waals surface area contributed by atoms with Crippen molar-refractivity contribution >= 4 is 29.3 Å². The summed E-state index contributed by atoms with van der Waals surface area (Å²) in [6, 6.07) is -0.453. The Kier molecular flexibility index (Phi) is 3.18. The molecule has 1 aromatic heterocycles. The number of aromatic nitrogens is 2. The molecule has 0 aromatic carbocycles. The van der Waals surface area contributed by atoms with E-state index in [1.165, 1.54) is 0 Å². The quantitative estimate of drug-likeness (QED) is 0.821. The lowest BCUT2D eigenvalue weighted by Crippen LogP contribution is -2.38. The Bertz CT molecular complexity index is 371. The van der Waals surface area contributed by atoms with E-state index in [0.717, 1.165) is 0 Å². The lowest BCUT2D eigenvalue weighted by Gasteiger charge is -2.10. The third kappa shape index (κ3) is 2.64. The highest BCUT2D eigenvalue weighted by atomic mass is 35.5. The van der Waals surface area contributed by atoms with Crippen LogP contribution in [0.5, 0.6) is 0 Å². The molecule has 1 aliphatic heterocycles. The number of hydrogen-bond acceptors (Lipinski definition) is 4. The number of aliphatic carboxylic acids is 1. The summed E-state index contributed by atoms with van der Waals surface area (Å²) >= 11 is 7.31. The zero-order valence-corrected chi connectivity index (χ0v) is 9.33. The minimum absolute atomic E-state index is 0.0852. The Morgan fingerprint density at radius 2 is 2.67 bits per heavy atom. The van der Waals surface area contributed by atoms with Gasteiger partial charge in [-0.15, -0.1) is 11.8 Å². The van der Waals surface area contributed by atoms with Crippen LogP contribution in [-0.4, -0.2) is 38.0 Å². The molecule has 1 saturated heterocycles. The molecule has 0 radical (unpaired) electrons. The molecule has 15 heavy (non-hydrogen) atoms. The van der Waals surface area contributed by atoms with Crippen LogP contribution in [0.1, 0.15) is 0 Å². The number of carbonyl (C=O) groups is 1. The molecule has 1 aliphatic rings. The van der Waals surface area contributed by atoms with Crippen LogP contribution in [0.15, 0.2) is 12.4 Å². The maximum atomic E-state index is 10.7. The molecule has 2 heterocycles. The van der Waals surface area contributed by atoms with Gasteiger partial charge >= 0.3 is 5.97 Å². The second kappa shape index (κ2) is 4.42. The number of thioether (sulfide) groups is 1. The first kappa shape index (κ1) is 10.8. The van der Waals surface area contributed by atoms with Gasteiger partial charge in [0.1, 0.15) is 6.04 Å². The maximum absolute atomic E-state index is 10.7. The third-order valence-electron chi connectivity index (χ3n) is 2.10. The second-order valence-corrected chi connectivity index (χ2v) is 4.93. The van der Waals surface area contributed by atoms with Crippen molar-refractivity contribution < 1.29 is 9.90 Å². The molecule has 5 nitrogen and oxygen atoms in total. The van der Waals surface area contributed by atoms with E-state index in [1.807, 2.05) is 0 Å². The first-order chi connectivity index (χ1) is 7.15. The minimum Gasteiger partial charge on any atom is -0.480 e. The zero-order chi connectivity index (χ0) is 10.8. The smallest absolute Gasteiger partial charge is 0.321 e. The molecule has 0 bridgehead atoms. The molecule has 0 amide bonds. The molecule has 7 heteroatoms. The Hall–Kier alpha value is -0.720. The van der Waals surface area contributed by atoms with Crippen molar-refractivity contribution in [2.24, 2.45) is 0 Å². The summed E-state index contributed by atoms with van der Waals surface area (Å²) in [4.78, 5) is 10.7. The Balaban J connectivity index is 1.90. The normalized spacial score (nSPS) is 25.7. The topological polar surface area (TPSA) is 67.1 Å². The lowest BCUT2D eigenvalue weighted by atomic mass is 10.3. The largest absolute Gasteiger partial charge is 0.480 e. The van der Waals surface area contributed by atoms with Crippen LogP contribution in [0.25, 0.3) is 0 Å². The lowest BCUT2D eigenvalue weighted by molar-refractivity contribution is -0.138. The monoisotopic (exact) mass is 247 g/mol. The van der Waals surface area contributed by atoms with Crippen molar-refractivity contribution in [1.29, 1.82) is 0 Å². The zero-order valence-electron chi connectivity index (χ0n) is 7.76. The van der Waals surface area contributed by atoms with Gasteiger partial charge in [-0.3, -0.25) is 14.8 Å². The molecule has 0 spiro atoms. The van der Waals surface area contributed by atoms with Crippen LogP contribution >= 0.6 is 23.4 Å². The Morgan fingerprint density at radius 3 is 3.20 bits per heavy atom. The van der Waals surface area contributed by atoms with E-state index in [1.54, 1.807) is 28.8 Å². The molecular formula is C8H10ClN3O2S. The predicted molar refractivity (Wildman–Crippen MR) is 58.0 cm³/mol. The van der Waals surface area contributed by atoms with Gasteiger partial charge in [0.15, 0.2) is 0 Å². The van der Waals surface area contributed by atoms with Crippen LogP contribution < -0.4 is 5.32 Å². The Labute approximate surface area is 95.8 Å². The molecule has 82 valence electrons. The van der Waals surface area contributed by atoms with Crippen LogP contribution in [0.2, 0.25) is 5.02 Å². The number of carboxylic acids is 1. The van der Waals surface area contributed by atoms with Crippen molar-refractivity contribution in [3.8, 4) is 0 Å². The van der Waals surface area contributed by atoms with E-state index in [-0.39, 0.29) is 5.37 Å². The predicted octanol–water partition coefficient (Wildman–Crippen LogP) is 0.652. The van der Waals surface area contributed by atoms with Crippen molar-refractivity contribution in [1.82, 2.24) is 15.1 Å². The fourth-order valence-corrected chi connectivity index (χ4v) is 2.73. The maximum Gasteiger partial charge on any atom is 0.321 e. The van der Waals surface area contributed by atoms with Crippen molar-refractivity contribution in [2.75, 3.05) is 5.75 Å². The number of hydrogen-bond donors (Lipinski definition) is 2. The number of rotatable bonds is 3. The van der Waals surface area contributed by atoms with Gasteiger partial charge in [-0.1, -0.05) is 11.6 Å². The summed E-state index contributed by atoms with van der Waals surface area (Å²) in [5, 5.41) is 16.5. The number of nitrogens with zero attached hydrogens (tertiary/aromatic N) is 2. The second-order valence-electron chi connectivity index (χ2n) is 3.26. The molecule has 2 rings (SSSR count). The van der Waals surface area contributed by atoms with Crippen LogP contribution in [0.4, 0.5) is 0 Å². The highest BCUT2D eigenvalue weighted by molar-refractivity contribution is 8.00. The molecule has 1 fully saturated rings. The standard InChI is InChI=1S/C8H10ClN3O2S/c9-5-1-10-12(2-5)3-7-11-6(4-15-7)8(13)14/h1-2,6-7,11H,3-4H2,(H,13,14)/t6-,7-/m1/s1.